The molecular weight excluding hydrogens is 435 g/mol. The molecule has 1 aromatic heterocycles. The topological polar surface area (TPSA) is 65.5 Å². The van der Waals surface area contributed by atoms with Crippen LogP contribution in [-0.2, 0) is 4.79 Å². The molecule has 0 saturated carbocycles. The van der Waals surface area contributed by atoms with Crippen LogP contribution in [0.25, 0.3) is 0 Å². The second kappa shape index (κ2) is 13.5. The van der Waals surface area contributed by atoms with Crippen molar-refractivity contribution in [3.63, 3.8) is 0 Å². The summed E-state index contributed by atoms with van der Waals surface area (Å²) in [4.78, 5) is 17.7. The number of aliphatic imine (C=N–C) groups is 1. The van der Waals surface area contributed by atoms with Crippen molar-refractivity contribution >= 4 is 47.2 Å². The molecule has 2 unspecified atom stereocenters. The van der Waals surface area contributed by atoms with E-state index < -0.39 is 0 Å². The van der Waals surface area contributed by atoms with E-state index in [0.29, 0.717) is 18.9 Å². The van der Waals surface area contributed by atoms with E-state index in [9.17, 15) is 4.79 Å². The highest BCUT2D eigenvalue weighted by Gasteiger charge is 2.08. The van der Waals surface area contributed by atoms with Crippen molar-refractivity contribution in [3.05, 3.63) is 22.4 Å². The molecule has 7 heteroatoms. The zero-order chi connectivity index (χ0) is 17.1. The van der Waals surface area contributed by atoms with Gasteiger partial charge in [-0.25, -0.2) is 0 Å². The first kappa shape index (κ1) is 23.2. The number of rotatable bonds is 9. The van der Waals surface area contributed by atoms with E-state index in [2.05, 4.69) is 52.3 Å². The van der Waals surface area contributed by atoms with Crippen molar-refractivity contribution in [2.24, 2.45) is 4.99 Å². The van der Waals surface area contributed by atoms with Crippen LogP contribution in [-0.4, -0.2) is 37.5 Å². The number of nitrogens with zero attached hydrogens (tertiary/aromatic N) is 1. The third-order valence-electron chi connectivity index (χ3n) is 3.56. The summed E-state index contributed by atoms with van der Waals surface area (Å²) >= 11 is 1.76. The lowest BCUT2D eigenvalue weighted by atomic mass is 10.1. The maximum absolute atomic E-state index is 11.8. The van der Waals surface area contributed by atoms with Crippen molar-refractivity contribution in [3.8, 4) is 0 Å². The average molecular weight is 466 g/mol. The van der Waals surface area contributed by atoms with Crippen LogP contribution in [0.1, 0.15) is 51.3 Å². The molecule has 0 aliphatic heterocycles. The Labute approximate surface area is 167 Å². The third kappa shape index (κ3) is 9.46. The second-order valence-electron chi connectivity index (χ2n) is 5.69. The molecule has 24 heavy (non-hydrogen) atoms. The van der Waals surface area contributed by atoms with Gasteiger partial charge >= 0.3 is 0 Å². The van der Waals surface area contributed by atoms with Gasteiger partial charge in [-0.15, -0.1) is 35.3 Å². The fraction of sp³-hybridized carbons (Fsp3) is 0.647. The highest BCUT2D eigenvalue weighted by Crippen LogP contribution is 2.20. The third-order valence-corrected chi connectivity index (χ3v) is 4.66. The Morgan fingerprint density at radius 2 is 2.04 bits per heavy atom. The molecule has 1 amide bonds. The number of amides is 1. The van der Waals surface area contributed by atoms with E-state index in [4.69, 9.17) is 0 Å². The summed E-state index contributed by atoms with van der Waals surface area (Å²) in [5.41, 5.74) is 0. The Hall–Kier alpha value is -0.830. The normalized spacial score (nSPS) is 13.6. The van der Waals surface area contributed by atoms with Gasteiger partial charge < -0.3 is 16.0 Å². The lowest BCUT2D eigenvalue weighted by Gasteiger charge is -2.14. The van der Waals surface area contributed by atoms with Gasteiger partial charge in [0.2, 0.25) is 5.91 Å². The average Bonchev–Trinajstić information content (AvgIpc) is 3.06. The van der Waals surface area contributed by atoms with Crippen molar-refractivity contribution in [2.75, 3.05) is 19.6 Å². The Kier molecular flexibility index (Phi) is 13.0. The fourth-order valence-corrected chi connectivity index (χ4v) is 2.75. The van der Waals surface area contributed by atoms with Gasteiger partial charge in [-0.05, 0) is 31.7 Å². The molecule has 0 bridgehead atoms. The molecule has 0 fully saturated rings. The molecular formula is C17H31IN4OS. The minimum atomic E-state index is 0. The highest BCUT2D eigenvalue weighted by atomic mass is 127. The number of guanidine groups is 1. The summed E-state index contributed by atoms with van der Waals surface area (Å²) in [6, 6.07) is 4.44. The van der Waals surface area contributed by atoms with Crippen LogP contribution in [0.3, 0.4) is 0 Å². The summed E-state index contributed by atoms with van der Waals surface area (Å²) in [6.07, 6.45) is 1.40. The zero-order valence-corrected chi connectivity index (χ0v) is 18.2. The summed E-state index contributed by atoms with van der Waals surface area (Å²) in [5, 5.41) is 11.5. The molecule has 0 aromatic carbocycles. The van der Waals surface area contributed by atoms with Crippen molar-refractivity contribution < 1.29 is 4.79 Å². The number of carbonyl (C=O) groups is 1. The van der Waals surface area contributed by atoms with E-state index in [0.717, 1.165) is 25.5 Å². The van der Waals surface area contributed by atoms with Crippen LogP contribution in [0, 0.1) is 0 Å². The van der Waals surface area contributed by atoms with Gasteiger partial charge in [0, 0.05) is 36.3 Å². The van der Waals surface area contributed by atoms with Crippen LogP contribution in [0.2, 0.25) is 0 Å². The van der Waals surface area contributed by atoms with Crippen LogP contribution < -0.4 is 16.0 Å². The smallest absolute Gasteiger partial charge is 0.221 e. The molecule has 138 valence electrons. The zero-order valence-electron chi connectivity index (χ0n) is 15.1. The van der Waals surface area contributed by atoms with Crippen molar-refractivity contribution in [1.29, 1.82) is 0 Å². The monoisotopic (exact) mass is 466 g/mol. The predicted octanol–water partition coefficient (Wildman–Crippen LogP) is 3.33. The first-order valence-electron chi connectivity index (χ1n) is 8.41. The number of nitrogens with one attached hydrogen (secondary N) is 3. The molecule has 0 saturated heterocycles. The Bertz CT molecular complexity index is 479. The number of halogens is 1. The van der Waals surface area contributed by atoms with Gasteiger partial charge in [-0.3, -0.25) is 9.79 Å². The van der Waals surface area contributed by atoms with E-state index in [1.165, 1.54) is 4.88 Å². The minimum Gasteiger partial charge on any atom is -0.357 e. The summed E-state index contributed by atoms with van der Waals surface area (Å²) in [6.45, 7) is 10.4. The molecule has 0 spiro atoms. The predicted molar refractivity (Wildman–Crippen MR) is 115 cm³/mol. The standard InChI is InChI=1S/C17H30N4OS.HI/c1-5-14(4)21-16(22)9-10-19-17(18-6-2)20-12-13(3)15-8-7-11-23-15;/h7-8,11,13-14H,5-6,9-10,12H2,1-4H3,(H,21,22)(H2,18,19,20);1H. The second-order valence-corrected chi connectivity index (χ2v) is 6.67. The first-order valence-corrected chi connectivity index (χ1v) is 9.29. The summed E-state index contributed by atoms with van der Waals surface area (Å²) in [7, 11) is 0. The maximum atomic E-state index is 11.8. The summed E-state index contributed by atoms with van der Waals surface area (Å²) in [5.74, 6) is 1.25. The number of hydrogen-bond donors (Lipinski definition) is 3. The van der Waals surface area contributed by atoms with Gasteiger partial charge in [0.25, 0.3) is 0 Å². The first-order chi connectivity index (χ1) is 11.1. The SMILES string of the molecule is CCNC(=NCC(C)c1cccs1)NCCC(=O)NC(C)CC.I. The molecule has 0 aliphatic rings. The van der Waals surface area contributed by atoms with Gasteiger partial charge in [-0.2, -0.15) is 0 Å². The number of hydrogen-bond acceptors (Lipinski definition) is 3. The minimum absolute atomic E-state index is 0. The van der Waals surface area contributed by atoms with E-state index in [-0.39, 0.29) is 35.9 Å². The lowest BCUT2D eigenvalue weighted by Crippen LogP contribution is -2.40. The van der Waals surface area contributed by atoms with E-state index in [1.54, 1.807) is 11.3 Å². The van der Waals surface area contributed by atoms with Gasteiger partial charge in [0.05, 0.1) is 6.54 Å². The van der Waals surface area contributed by atoms with Gasteiger partial charge in [0.15, 0.2) is 5.96 Å². The van der Waals surface area contributed by atoms with Gasteiger partial charge in [0.1, 0.15) is 0 Å². The van der Waals surface area contributed by atoms with Crippen LogP contribution in [0.5, 0.6) is 0 Å². The number of thiophene rings is 1. The van der Waals surface area contributed by atoms with Crippen LogP contribution in [0.4, 0.5) is 0 Å². The van der Waals surface area contributed by atoms with Crippen molar-refractivity contribution in [2.45, 2.75) is 52.5 Å². The van der Waals surface area contributed by atoms with Crippen LogP contribution in [0.15, 0.2) is 22.5 Å². The molecule has 2 atom stereocenters. The molecule has 1 heterocycles. The quantitative estimate of drug-likeness (QED) is 0.297. The fourth-order valence-electron chi connectivity index (χ4n) is 1.98. The molecule has 3 N–H and O–H groups in total. The Morgan fingerprint density at radius 3 is 2.62 bits per heavy atom. The lowest BCUT2D eigenvalue weighted by molar-refractivity contribution is -0.121. The van der Waals surface area contributed by atoms with Crippen LogP contribution >= 0.6 is 35.3 Å². The summed E-state index contributed by atoms with van der Waals surface area (Å²) < 4.78 is 0. The Morgan fingerprint density at radius 1 is 1.29 bits per heavy atom. The molecule has 1 rings (SSSR count). The Balaban J connectivity index is 0.00000529. The van der Waals surface area contributed by atoms with E-state index >= 15 is 0 Å². The molecule has 0 aliphatic carbocycles. The maximum Gasteiger partial charge on any atom is 0.221 e. The largest absolute Gasteiger partial charge is 0.357 e. The molecule has 1 aromatic rings. The molecule has 0 radical (unpaired) electrons. The highest BCUT2D eigenvalue weighted by molar-refractivity contribution is 14.0. The van der Waals surface area contributed by atoms with Gasteiger partial charge in [-0.1, -0.05) is 19.9 Å². The molecule has 5 nitrogen and oxygen atoms in total. The van der Waals surface area contributed by atoms with E-state index in [1.807, 2.05) is 13.8 Å². The van der Waals surface area contributed by atoms with Crippen molar-refractivity contribution in [1.82, 2.24) is 16.0 Å². The number of carbonyl (C=O) groups excluding carboxylic acids is 1.